The van der Waals surface area contributed by atoms with Crippen molar-refractivity contribution in [2.24, 2.45) is 0 Å². The maximum absolute atomic E-state index is 5.67. The van der Waals surface area contributed by atoms with Crippen molar-refractivity contribution in [3.63, 3.8) is 0 Å². The minimum atomic E-state index is 0.443. The summed E-state index contributed by atoms with van der Waals surface area (Å²) in [4.78, 5) is 0. The maximum atomic E-state index is 5.67. The Bertz CT molecular complexity index is 390. The van der Waals surface area contributed by atoms with Gasteiger partial charge in [0.05, 0.1) is 14.2 Å². The number of hydrogen-bond acceptors (Lipinski definition) is 4. The monoisotopic (exact) mass is 251 g/mol. The molecule has 0 unspecified atom stereocenters. The molecule has 0 spiro atoms. The molecule has 0 aliphatic rings. The average molecular weight is 251 g/mol. The SMILES string of the molecule is C=C(C)COc1c(OC)cc(CNC)cc1OC. The number of benzene rings is 1. The molecule has 4 heteroatoms. The first-order valence-corrected chi connectivity index (χ1v) is 5.79. The zero-order valence-corrected chi connectivity index (χ0v) is 11.5. The highest BCUT2D eigenvalue weighted by atomic mass is 16.5. The third-order valence-corrected chi connectivity index (χ3v) is 2.36. The van der Waals surface area contributed by atoms with Crippen molar-refractivity contribution >= 4 is 0 Å². The van der Waals surface area contributed by atoms with Crippen LogP contribution in [-0.4, -0.2) is 27.9 Å². The highest BCUT2D eigenvalue weighted by molar-refractivity contribution is 5.54. The van der Waals surface area contributed by atoms with Gasteiger partial charge in [-0.15, -0.1) is 0 Å². The van der Waals surface area contributed by atoms with Gasteiger partial charge in [-0.2, -0.15) is 0 Å². The van der Waals surface area contributed by atoms with E-state index in [2.05, 4.69) is 11.9 Å². The standard InChI is InChI=1S/C14H21NO3/c1-10(2)9-18-14-12(16-4)6-11(8-15-3)7-13(14)17-5/h6-7,15H,1,8-9H2,2-5H3. The van der Waals surface area contributed by atoms with Gasteiger partial charge < -0.3 is 19.5 Å². The van der Waals surface area contributed by atoms with E-state index < -0.39 is 0 Å². The van der Waals surface area contributed by atoms with Crippen LogP contribution in [0.15, 0.2) is 24.3 Å². The molecule has 0 aliphatic heterocycles. The molecule has 100 valence electrons. The Morgan fingerprint density at radius 1 is 1.22 bits per heavy atom. The van der Waals surface area contributed by atoms with Gasteiger partial charge >= 0.3 is 0 Å². The van der Waals surface area contributed by atoms with Crippen LogP contribution in [0, 0.1) is 0 Å². The molecule has 0 heterocycles. The molecule has 0 radical (unpaired) electrons. The summed E-state index contributed by atoms with van der Waals surface area (Å²) >= 11 is 0. The second-order valence-corrected chi connectivity index (χ2v) is 4.11. The van der Waals surface area contributed by atoms with Gasteiger partial charge in [-0.25, -0.2) is 0 Å². The second kappa shape index (κ2) is 6.91. The fourth-order valence-corrected chi connectivity index (χ4v) is 1.58. The summed E-state index contributed by atoms with van der Waals surface area (Å²) in [6.07, 6.45) is 0. The van der Waals surface area contributed by atoms with E-state index in [0.717, 1.165) is 17.7 Å². The topological polar surface area (TPSA) is 39.7 Å². The quantitative estimate of drug-likeness (QED) is 0.755. The van der Waals surface area contributed by atoms with E-state index in [4.69, 9.17) is 14.2 Å². The van der Waals surface area contributed by atoms with Crippen molar-refractivity contribution < 1.29 is 14.2 Å². The van der Waals surface area contributed by atoms with Crippen LogP contribution in [0.2, 0.25) is 0 Å². The lowest BCUT2D eigenvalue weighted by Gasteiger charge is -2.16. The van der Waals surface area contributed by atoms with Crippen LogP contribution in [0.3, 0.4) is 0 Å². The van der Waals surface area contributed by atoms with Gasteiger partial charge in [0.2, 0.25) is 5.75 Å². The number of methoxy groups -OCH3 is 2. The third-order valence-electron chi connectivity index (χ3n) is 2.36. The summed E-state index contributed by atoms with van der Waals surface area (Å²) in [5.74, 6) is 1.95. The van der Waals surface area contributed by atoms with Crippen molar-refractivity contribution in [1.29, 1.82) is 0 Å². The summed E-state index contributed by atoms with van der Waals surface area (Å²) in [6.45, 7) is 6.91. The molecule has 0 amide bonds. The number of hydrogen-bond donors (Lipinski definition) is 1. The predicted octanol–water partition coefficient (Wildman–Crippen LogP) is 2.38. The third kappa shape index (κ3) is 3.67. The van der Waals surface area contributed by atoms with Gasteiger partial charge in [-0.05, 0) is 37.2 Å². The van der Waals surface area contributed by atoms with E-state index in [1.54, 1.807) is 14.2 Å². The van der Waals surface area contributed by atoms with Crippen LogP contribution < -0.4 is 19.5 Å². The highest BCUT2D eigenvalue weighted by Gasteiger charge is 2.13. The van der Waals surface area contributed by atoms with Gasteiger partial charge in [0.1, 0.15) is 6.61 Å². The van der Waals surface area contributed by atoms with Crippen molar-refractivity contribution in [1.82, 2.24) is 5.32 Å². The van der Waals surface area contributed by atoms with Gasteiger partial charge in [0.15, 0.2) is 11.5 Å². The highest BCUT2D eigenvalue weighted by Crippen LogP contribution is 2.38. The molecule has 0 saturated carbocycles. The van der Waals surface area contributed by atoms with Crippen LogP contribution in [-0.2, 0) is 6.54 Å². The summed E-state index contributed by atoms with van der Waals surface area (Å²) in [6, 6.07) is 3.87. The normalized spacial score (nSPS) is 10.0. The van der Waals surface area contributed by atoms with Gasteiger partial charge in [0.25, 0.3) is 0 Å². The molecule has 1 N–H and O–H groups in total. The summed E-state index contributed by atoms with van der Waals surface area (Å²) in [5.41, 5.74) is 2.02. The summed E-state index contributed by atoms with van der Waals surface area (Å²) in [7, 11) is 5.13. The van der Waals surface area contributed by atoms with Gasteiger partial charge in [0, 0.05) is 6.54 Å². The van der Waals surface area contributed by atoms with Crippen LogP contribution in [0.5, 0.6) is 17.2 Å². The van der Waals surface area contributed by atoms with Crippen LogP contribution in [0.1, 0.15) is 12.5 Å². The molecule has 1 rings (SSSR count). The molecule has 0 fully saturated rings. The van der Waals surface area contributed by atoms with E-state index in [9.17, 15) is 0 Å². The molecule has 1 aromatic carbocycles. The first-order chi connectivity index (χ1) is 8.62. The van der Waals surface area contributed by atoms with Crippen molar-refractivity contribution in [2.75, 3.05) is 27.9 Å². The Morgan fingerprint density at radius 2 is 1.78 bits per heavy atom. The minimum absolute atomic E-state index is 0.443. The second-order valence-electron chi connectivity index (χ2n) is 4.11. The molecular weight excluding hydrogens is 230 g/mol. The van der Waals surface area contributed by atoms with Gasteiger partial charge in [-0.3, -0.25) is 0 Å². The largest absolute Gasteiger partial charge is 0.493 e. The van der Waals surface area contributed by atoms with Crippen LogP contribution in [0.4, 0.5) is 0 Å². The van der Waals surface area contributed by atoms with Crippen LogP contribution in [0.25, 0.3) is 0 Å². The zero-order chi connectivity index (χ0) is 13.5. The fraction of sp³-hybridized carbons (Fsp3) is 0.429. The lowest BCUT2D eigenvalue weighted by molar-refractivity contribution is 0.295. The zero-order valence-electron chi connectivity index (χ0n) is 11.5. The maximum Gasteiger partial charge on any atom is 0.203 e. The predicted molar refractivity (Wildman–Crippen MR) is 72.6 cm³/mol. The van der Waals surface area contributed by atoms with E-state index in [1.807, 2.05) is 26.1 Å². The molecule has 0 atom stereocenters. The van der Waals surface area contributed by atoms with E-state index in [-0.39, 0.29) is 0 Å². The molecular formula is C14H21NO3. The van der Waals surface area contributed by atoms with Crippen LogP contribution >= 0.6 is 0 Å². The van der Waals surface area contributed by atoms with E-state index in [0.29, 0.717) is 23.9 Å². The number of ether oxygens (including phenoxy) is 3. The Kier molecular flexibility index (Phi) is 5.52. The van der Waals surface area contributed by atoms with Crippen molar-refractivity contribution in [3.8, 4) is 17.2 Å². The number of nitrogens with one attached hydrogen (secondary N) is 1. The molecule has 18 heavy (non-hydrogen) atoms. The lowest BCUT2D eigenvalue weighted by Crippen LogP contribution is -2.07. The Hall–Kier alpha value is -1.68. The molecule has 0 aromatic heterocycles. The Balaban J connectivity index is 3.08. The molecule has 1 aromatic rings. The number of rotatable bonds is 7. The van der Waals surface area contributed by atoms with Gasteiger partial charge in [-0.1, -0.05) is 6.58 Å². The molecule has 0 bridgehead atoms. The summed E-state index contributed by atoms with van der Waals surface area (Å²) in [5, 5.41) is 3.09. The minimum Gasteiger partial charge on any atom is -0.493 e. The first kappa shape index (κ1) is 14.4. The Labute approximate surface area is 109 Å². The first-order valence-electron chi connectivity index (χ1n) is 5.79. The molecule has 0 saturated heterocycles. The molecule has 4 nitrogen and oxygen atoms in total. The lowest BCUT2D eigenvalue weighted by atomic mass is 10.2. The summed E-state index contributed by atoms with van der Waals surface area (Å²) < 4.78 is 16.4. The molecule has 0 aliphatic carbocycles. The van der Waals surface area contributed by atoms with Crippen molar-refractivity contribution in [3.05, 3.63) is 29.8 Å². The van der Waals surface area contributed by atoms with E-state index >= 15 is 0 Å². The average Bonchev–Trinajstić information content (AvgIpc) is 2.36. The smallest absolute Gasteiger partial charge is 0.203 e. The fourth-order valence-electron chi connectivity index (χ4n) is 1.58. The Morgan fingerprint density at radius 3 is 2.17 bits per heavy atom. The van der Waals surface area contributed by atoms with Crippen molar-refractivity contribution in [2.45, 2.75) is 13.5 Å². The van der Waals surface area contributed by atoms with E-state index in [1.165, 1.54) is 0 Å².